The van der Waals surface area contributed by atoms with Crippen LogP contribution in [0.25, 0.3) is 0 Å². The average Bonchev–Trinajstić information content (AvgIpc) is 2.88. The van der Waals surface area contributed by atoms with E-state index in [2.05, 4.69) is 19.0 Å². The molecule has 1 aromatic rings. The molecule has 0 N–H and O–H groups in total. The van der Waals surface area contributed by atoms with Gasteiger partial charge in [-0.25, -0.2) is 8.42 Å². The minimum absolute atomic E-state index is 0.493. The Morgan fingerprint density at radius 1 is 1.32 bits per heavy atom. The fourth-order valence-electron chi connectivity index (χ4n) is 2.41. The van der Waals surface area contributed by atoms with E-state index in [0.29, 0.717) is 23.3 Å². The Bertz CT molecular complexity index is 515. The van der Waals surface area contributed by atoms with Crippen LogP contribution in [0.3, 0.4) is 0 Å². The highest BCUT2D eigenvalue weighted by Crippen LogP contribution is 2.27. The maximum Gasteiger partial charge on any atom is 0.252 e. The third kappa shape index (κ3) is 3.18. The van der Waals surface area contributed by atoms with Crippen molar-refractivity contribution in [3.63, 3.8) is 0 Å². The summed E-state index contributed by atoms with van der Waals surface area (Å²) in [5, 5.41) is 0. The monoisotopic (exact) mass is 302 g/mol. The van der Waals surface area contributed by atoms with Crippen molar-refractivity contribution in [3.8, 4) is 0 Å². The quantitative estimate of drug-likeness (QED) is 0.854. The summed E-state index contributed by atoms with van der Waals surface area (Å²) in [5.41, 5.74) is 0. The van der Waals surface area contributed by atoms with E-state index in [-0.39, 0.29) is 0 Å². The van der Waals surface area contributed by atoms with Crippen molar-refractivity contribution in [2.24, 2.45) is 0 Å². The van der Waals surface area contributed by atoms with Crippen molar-refractivity contribution in [2.45, 2.75) is 36.4 Å². The number of thiophene rings is 1. The molecular formula is C13H22N2O2S2. The summed E-state index contributed by atoms with van der Waals surface area (Å²) >= 11 is 1.40. The third-order valence-corrected chi connectivity index (χ3v) is 7.33. The average molecular weight is 302 g/mol. The second-order valence-electron chi connectivity index (χ2n) is 5.17. The molecule has 0 saturated carbocycles. The normalized spacial score (nSPS) is 19.2. The number of piperidine rings is 1. The Morgan fingerprint density at radius 3 is 2.42 bits per heavy atom. The largest absolute Gasteiger partial charge is 0.306 e. The molecule has 0 spiro atoms. The summed E-state index contributed by atoms with van der Waals surface area (Å²) in [7, 11) is 0.847. The summed E-state index contributed by atoms with van der Waals surface area (Å²) in [6.07, 6.45) is 2.72. The molecule has 2 heterocycles. The van der Waals surface area contributed by atoms with E-state index >= 15 is 0 Å². The van der Waals surface area contributed by atoms with Gasteiger partial charge in [0, 0.05) is 24.0 Å². The van der Waals surface area contributed by atoms with Crippen LogP contribution in [0.15, 0.2) is 16.3 Å². The molecule has 19 heavy (non-hydrogen) atoms. The van der Waals surface area contributed by atoms with Crippen molar-refractivity contribution in [2.75, 3.05) is 27.2 Å². The molecule has 1 aromatic heterocycles. The molecule has 2 rings (SSSR count). The van der Waals surface area contributed by atoms with E-state index in [9.17, 15) is 8.42 Å². The molecule has 1 saturated heterocycles. The van der Waals surface area contributed by atoms with E-state index in [1.165, 1.54) is 11.3 Å². The fourth-order valence-corrected chi connectivity index (χ4v) is 5.33. The van der Waals surface area contributed by atoms with Crippen LogP contribution >= 0.6 is 11.3 Å². The summed E-state index contributed by atoms with van der Waals surface area (Å²) < 4.78 is 27.2. The standard InChI is InChI=1S/C13H22N2O2S2/c1-4-12-5-6-13(18-12)19(16,17)15-9-7-11(8-10-15)14(2)3/h5-6,11H,4,7-10H2,1-3H3. The summed E-state index contributed by atoms with van der Waals surface area (Å²) in [6, 6.07) is 4.17. The third-order valence-electron chi connectivity index (χ3n) is 3.73. The minimum atomic E-state index is -3.27. The number of aryl methyl sites for hydroxylation is 1. The van der Waals surface area contributed by atoms with Gasteiger partial charge in [0.05, 0.1) is 0 Å². The van der Waals surface area contributed by atoms with Gasteiger partial charge < -0.3 is 4.90 Å². The van der Waals surface area contributed by atoms with E-state index in [0.717, 1.165) is 24.1 Å². The van der Waals surface area contributed by atoms with Crippen molar-refractivity contribution >= 4 is 21.4 Å². The lowest BCUT2D eigenvalue weighted by molar-refractivity contribution is 0.197. The van der Waals surface area contributed by atoms with E-state index in [4.69, 9.17) is 0 Å². The molecule has 0 amide bonds. The molecule has 0 atom stereocenters. The lowest BCUT2D eigenvalue weighted by Crippen LogP contribution is -2.44. The molecule has 108 valence electrons. The first-order chi connectivity index (χ1) is 8.95. The first-order valence-corrected chi connectivity index (χ1v) is 8.96. The second-order valence-corrected chi connectivity index (χ2v) is 8.51. The van der Waals surface area contributed by atoms with Crippen LogP contribution in [0.4, 0.5) is 0 Å². The van der Waals surface area contributed by atoms with Gasteiger partial charge in [-0.3, -0.25) is 0 Å². The minimum Gasteiger partial charge on any atom is -0.306 e. The van der Waals surface area contributed by atoms with Gasteiger partial charge in [-0.15, -0.1) is 11.3 Å². The first-order valence-electron chi connectivity index (χ1n) is 6.70. The van der Waals surface area contributed by atoms with Gasteiger partial charge in [0.15, 0.2) is 0 Å². The Morgan fingerprint density at radius 2 is 1.95 bits per heavy atom. The molecule has 0 aliphatic carbocycles. The van der Waals surface area contributed by atoms with E-state index in [1.54, 1.807) is 10.4 Å². The maximum atomic E-state index is 12.5. The number of rotatable bonds is 4. The molecule has 1 fully saturated rings. The van der Waals surface area contributed by atoms with Gasteiger partial charge >= 0.3 is 0 Å². The molecule has 1 aliphatic rings. The van der Waals surface area contributed by atoms with Gasteiger partial charge in [0.25, 0.3) is 10.0 Å². The fraction of sp³-hybridized carbons (Fsp3) is 0.692. The Balaban J connectivity index is 2.09. The zero-order chi connectivity index (χ0) is 14.0. The van der Waals surface area contributed by atoms with Crippen LogP contribution < -0.4 is 0 Å². The maximum absolute atomic E-state index is 12.5. The van der Waals surface area contributed by atoms with E-state index < -0.39 is 10.0 Å². The molecule has 0 aromatic carbocycles. The van der Waals surface area contributed by atoms with Crippen molar-refractivity contribution in [1.82, 2.24) is 9.21 Å². The lowest BCUT2D eigenvalue weighted by atomic mass is 10.1. The topological polar surface area (TPSA) is 40.6 Å². The zero-order valence-electron chi connectivity index (χ0n) is 11.8. The molecule has 6 heteroatoms. The predicted molar refractivity (Wildman–Crippen MR) is 79.2 cm³/mol. The number of nitrogens with zero attached hydrogens (tertiary/aromatic N) is 2. The van der Waals surface area contributed by atoms with E-state index in [1.807, 2.05) is 13.0 Å². The van der Waals surface area contributed by atoms with Crippen LogP contribution in [0.5, 0.6) is 0 Å². The second kappa shape index (κ2) is 5.91. The molecule has 0 bridgehead atoms. The first kappa shape index (κ1) is 15.0. The summed E-state index contributed by atoms with van der Waals surface area (Å²) in [5.74, 6) is 0. The molecular weight excluding hydrogens is 280 g/mol. The number of hydrogen-bond donors (Lipinski definition) is 0. The van der Waals surface area contributed by atoms with Crippen LogP contribution in [0.1, 0.15) is 24.6 Å². The van der Waals surface area contributed by atoms with Crippen LogP contribution in [-0.4, -0.2) is 50.8 Å². The number of hydrogen-bond acceptors (Lipinski definition) is 4. The van der Waals surface area contributed by atoms with Gasteiger partial charge in [-0.05, 0) is 45.5 Å². The van der Waals surface area contributed by atoms with Crippen LogP contribution in [-0.2, 0) is 16.4 Å². The molecule has 0 unspecified atom stereocenters. The predicted octanol–water partition coefficient (Wildman–Crippen LogP) is 2.03. The van der Waals surface area contributed by atoms with Crippen molar-refractivity contribution < 1.29 is 8.42 Å². The highest BCUT2D eigenvalue weighted by molar-refractivity contribution is 7.91. The van der Waals surface area contributed by atoms with Crippen molar-refractivity contribution in [3.05, 3.63) is 17.0 Å². The van der Waals surface area contributed by atoms with Crippen LogP contribution in [0.2, 0.25) is 0 Å². The molecule has 1 aliphatic heterocycles. The number of sulfonamides is 1. The van der Waals surface area contributed by atoms with Crippen molar-refractivity contribution in [1.29, 1.82) is 0 Å². The SMILES string of the molecule is CCc1ccc(S(=O)(=O)N2CCC(N(C)C)CC2)s1. The summed E-state index contributed by atoms with van der Waals surface area (Å²) in [6.45, 7) is 3.31. The van der Waals surface area contributed by atoms with Gasteiger partial charge in [-0.1, -0.05) is 6.92 Å². The van der Waals surface area contributed by atoms with Gasteiger partial charge in [-0.2, -0.15) is 4.31 Å². The van der Waals surface area contributed by atoms with Gasteiger partial charge in [0.1, 0.15) is 4.21 Å². The zero-order valence-corrected chi connectivity index (χ0v) is 13.4. The molecule has 0 radical (unpaired) electrons. The van der Waals surface area contributed by atoms with Crippen LogP contribution in [0, 0.1) is 0 Å². The lowest BCUT2D eigenvalue weighted by Gasteiger charge is -2.34. The Labute approximate surface area is 120 Å². The van der Waals surface area contributed by atoms with Gasteiger partial charge in [0.2, 0.25) is 0 Å². The molecule has 4 nitrogen and oxygen atoms in total. The smallest absolute Gasteiger partial charge is 0.252 e. The summed E-state index contributed by atoms with van der Waals surface area (Å²) in [4.78, 5) is 3.31. The highest BCUT2D eigenvalue weighted by Gasteiger charge is 2.30. The highest BCUT2D eigenvalue weighted by atomic mass is 32.2. The Kier molecular flexibility index (Phi) is 4.66. The Hall–Kier alpha value is -0.430.